The minimum absolute atomic E-state index is 0.00111. The summed E-state index contributed by atoms with van der Waals surface area (Å²) in [6.07, 6.45) is 3.81. The maximum absolute atomic E-state index is 11.6. The standard InChI is InChI=1S/C9H13N3OS/c13-9(8-5-11-6-14-8)12-7-2-1-3-10-4-7/h5-7,10H,1-4H2,(H,12,13)/t7-/m1/s1. The van der Waals surface area contributed by atoms with Gasteiger partial charge in [-0.1, -0.05) is 0 Å². The average Bonchev–Trinajstić information content (AvgIpc) is 2.72. The van der Waals surface area contributed by atoms with Crippen molar-refractivity contribution in [1.29, 1.82) is 0 Å². The first kappa shape index (κ1) is 9.61. The van der Waals surface area contributed by atoms with Crippen LogP contribution in [0.4, 0.5) is 0 Å². The molecule has 76 valence electrons. The predicted molar refractivity (Wildman–Crippen MR) is 55.5 cm³/mol. The van der Waals surface area contributed by atoms with Crippen molar-refractivity contribution in [3.05, 3.63) is 16.6 Å². The molecule has 0 unspecified atom stereocenters. The average molecular weight is 211 g/mol. The number of piperidine rings is 1. The number of hydrogen-bond donors (Lipinski definition) is 2. The lowest BCUT2D eigenvalue weighted by atomic mass is 10.1. The fourth-order valence-corrected chi connectivity index (χ4v) is 2.08. The van der Waals surface area contributed by atoms with E-state index in [4.69, 9.17) is 0 Å². The van der Waals surface area contributed by atoms with Gasteiger partial charge < -0.3 is 10.6 Å². The van der Waals surface area contributed by atoms with Crippen LogP contribution in [0, 0.1) is 0 Å². The van der Waals surface area contributed by atoms with E-state index in [9.17, 15) is 4.79 Å². The Bertz CT molecular complexity index is 293. The zero-order valence-electron chi connectivity index (χ0n) is 7.82. The number of aromatic nitrogens is 1. The fraction of sp³-hybridized carbons (Fsp3) is 0.556. The van der Waals surface area contributed by atoms with Crippen molar-refractivity contribution in [3.63, 3.8) is 0 Å². The number of nitrogens with zero attached hydrogens (tertiary/aromatic N) is 1. The smallest absolute Gasteiger partial charge is 0.263 e. The van der Waals surface area contributed by atoms with E-state index >= 15 is 0 Å². The van der Waals surface area contributed by atoms with E-state index in [0.29, 0.717) is 4.88 Å². The van der Waals surface area contributed by atoms with Gasteiger partial charge in [-0.15, -0.1) is 11.3 Å². The van der Waals surface area contributed by atoms with Crippen molar-refractivity contribution in [2.45, 2.75) is 18.9 Å². The summed E-state index contributed by atoms with van der Waals surface area (Å²) < 4.78 is 0. The topological polar surface area (TPSA) is 54.0 Å². The van der Waals surface area contributed by atoms with Crippen molar-refractivity contribution in [1.82, 2.24) is 15.6 Å². The van der Waals surface area contributed by atoms with E-state index in [2.05, 4.69) is 15.6 Å². The molecule has 1 aliphatic rings. The van der Waals surface area contributed by atoms with Crippen molar-refractivity contribution in [3.8, 4) is 0 Å². The maximum atomic E-state index is 11.6. The second kappa shape index (κ2) is 4.52. The van der Waals surface area contributed by atoms with Crippen LogP contribution in [0.5, 0.6) is 0 Å². The van der Waals surface area contributed by atoms with Crippen molar-refractivity contribution >= 4 is 17.2 Å². The van der Waals surface area contributed by atoms with Gasteiger partial charge in [-0.05, 0) is 19.4 Å². The first-order chi connectivity index (χ1) is 6.86. The molecular formula is C9H13N3OS. The van der Waals surface area contributed by atoms with Gasteiger partial charge in [-0.2, -0.15) is 0 Å². The quantitative estimate of drug-likeness (QED) is 0.754. The molecule has 0 aromatic carbocycles. The Balaban J connectivity index is 1.87. The molecule has 2 N–H and O–H groups in total. The van der Waals surface area contributed by atoms with Crippen LogP contribution in [0.3, 0.4) is 0 Å². The highest BCUT2D eigenvalue weighted by Crippen LogP contribution is 2.07. The van der Waals surface area contributed by atoms with Crippen LogP contribution in [0.15, 0.2) is 11.7 Å². The van der Waals surface area contributed by atoms with Gasteiger partial charge in [-0.25, -0.2) is 0 Å². The Morgan fingerprint density at radius 2 is 2.64 bits per heavy atom. The fourth-order valence-electron chi connectivity index (χ4n) is 1.56. The van der Waals surface area contributed by atoms with Gasteiger partial charge in [0.1, 0.15) is 4.88 Å². The van der Waals surface area contributed by atoms with Crippen molar-refractivity contribution in [2.24, 2.45) is 0 Å². The molecule has 14 heavy (non-hydrogen) atoms. The summed E-state index contributed by atoms with van der Waals surface area (Å²) in [4.78, 5) is 16.2. The lowest BCUT2D eigenvalue weighted by molar-refractivity contribution is 0.0934. The summed E-state index contributed by atoms with van der Waals surface area (Å²) >= 11 is 1.38. The Kier molecular flexibility index (Phi) is 3.10. The van der Waals surface area contributed by atoms with Gasteiger partial charge in [0.25, 0.3) is 5.91 Å². The molecule has 1 atom stereocenters. The summed E-state index contributed by atoms with van der Waals surface area (Å²) in [6.45, 7) is 1.94. The summed E-state index contributed by atoms with van der Waals surface area (Å²) in [5, 5.41) is 6.25. The summed E-state index contributed by atoms with van der Waals surface area (Å²) in [6, 6.07) is 0.276. The zero-order valence-corrected chi connectivity index (χ0v) is 8.64. The Morgan fingerprint density at radius 3 is 3.29 bits per heavy atom. The molecule has 2 heterocycles. The minimum atomic E-state index is 0.00111. The van der Waals surface area contributed by atoms with Crippen LogP contribution in [-0.2, 0) is 0 Å². The van der Waals surface area contributed by atoms with Crippen molar-refractivity contribution < 1.29 is 4.79 Å². The molecular weight excluding hydrogens is 198 g/mol. The van der Waals surface area contributed by atoms with E-state index in [1.165, 1.54) is 11.3 Å². The molecule has 1 amide bonds. The second-order valence-corrected chi connectivity index (χ2v) is 4.27. The molecule has 1 aromatic heterocycles. The van der Waals surface area contributed by atoms with E-state index in [1.54, 1.807) is 11.7 Å². The molecule has 0 bridgehead atoms. The number of amides is 1. The van der Waals surface area contributed by atoms with E-state index < -0.39 is 0 Å². The highest BCUT2D eigenvalue weighted by Gasteiger charge is 2.16. The Morgan fingerprint density at radius 1 is 1.71 bits per heavy atom. The number of carbonyl (C=O) groups excluding carboxylic acids is 1. The Labute approximate surface area is 86.7 Å². The van der Waals surface area contributed by atoms with Crippen molar-refractivity contribution in [2.75, 3.05) is 13.1 Å². The predicted octanol–water partition coefficient (Wildman–Crippen LogP) is 0.625. The molecule has 1 saturated heterocycles. The third kappa shape index (κ3) is 2.30. The first-order valence-corrected chi connectivity index (χ1v) is 5.64. The lowest BCUT2D eigenvalue weighted by Crippen LogP contribution is -2.45. The molecule has 1 fully saturated rings. The highest BCUT2D eigenvalue weighted by atomic mass is 32.1. The SMILES string of the molecule is O=C(N[C@@H]1CCCNC1)c1cncs1. The van der Waals surface area contributed by atoms with E-state index in [1.807, 2.05) is 0 Å². The molecule has 5 heteroatoms. The summed E-state index contributed by atoms with van der Waals surface area (Å²) in [5.41, 5.74) is 1.67. The van der Waals surface area contributed by atoms with Gasteiger partial charge >= 0.3 is 0 Å². The van der Waals surface area contributed by atoms with E-state index in [0.717, 1.165) is 25.9 Å². The second-order valence-electron chi connectivity index (χ2n) is 3.38. The highest BCUT2D eigenvalue weighted by molar-refractivity contribution is 7.11. The first-order valence-electron chi connectivity index (χ1n) is 4.76. The van der Waals surface area contributed by atoms with Gasteiger partial charge in [0.05, 0.1) is 11.7 Å². The molecule has 0 saturated carbocycles. The van der Waals surface area contributed by atoms with Crippen LogP contribution in [-0.4, -0.2) is 30.0 Å². The summed E-state index contributed by atoms with van der Waals surface area (Å²) in [5.74, 6) is 0.00111. The lowest BCUT2D eigenvalue weighted by Gasteiger charge is -2.23. The number of thiazole rings is 1. The van der Waals surface area contributed by atoms with Gasteiger partial charge in [0.2, 0.25) is 0 Å². The van der Waals surface area contributed by atoms with Crippen LogP contribution in [0.2, 0.25) is 0 Å². The summed E-state index contributed by atoms with van der Waals surface area (Å²) in [7, 11) is 0. The third-order valence-electron chi connectivity index (χ3n) is 2.29. The normalized spacial score (nSPS) is 21.9. The molecule has 0 spiro atoms. The zero-order chi connectivity index (χ0) is 9.80. The molecule has 1 aliphatic heterocycles. The monoisotopic (exact) mass is 211 g/mol. The molecule has 0 aliphatic carbocycles. The van der Waals surface area contributed by atoms with Crippen LogP contribution < -0.4 is 10.6 Å². The van der Waals surface area contributed by atoms with Crippen LogP contribution in [0.25, 0.3) is 0 Å². The molecule has 2 rings (SSSR count). The minimum Gasteiger partial charge on any atom is -0.347 e. The number of hydrogen-bond acceptors (Lipinski definition) is 4. The van der Waals surface area contributed by atoms with E-state index in [-0.39, 0.29) is 11.9 Å². The van der Waals surface area contributed by atoms with Crippen LogP contribution in [0.1, 0.15) is 22.5 Å². The largest absolute Gasteiger partial charge is 0.347 e. The molecule has 4 nitrogen and oxygen atoms in total. The van der Waals surface area contributed by atoms with Gasteiger partial charge in [0.15, 0.2) is 0 Å². The number of carbonyl (C=O) groups is 1. The van der Waals surface area contributed by atoms with Gasteiger partial charge in [0, 0.05) is 12.6 Å². The maximum Gasteiger partial charge on any atom is 0.263 e. The van der Waals surface area contributed by atoms with Gasteiger partial charge in [-0.3, -0.25) is 9.78 Å². The Hall–Kier alpha value is -0.940. The third-order valence-corrected chi connectivity index (χ3v) is 3.06. The molecule has 1 aromatic rings. The molecule has 0 radical (unpaired) electrons. The van der Waals surface area contributed by atoms with Crippen LogP contribution >= 0.6 is 11.3 Å². The number of nitrogens with one attached hydrogen (secondary N) is 2. The number of rotatable bonds is 2.